The highest BCUT2D eigenvalue weighted by atomic mass is 35.5. The standard InChI is InChI=1S/C26H25Cl2N3O3/c1-2-34-24-11-8-19(16-22(24)28)25(32)29-20-9-10-23(21(27)17-20)30-12-14-31(15-13-30)26(33)18-6-4-3-5-7-18/h3-11,16-17H,2,12-15H2,1H3,(H,29,32). The number of halogens is 2. The first kappa shape index (κ1) is 23.9. The van der Waals surface area contributed by atoms with E-state index in [4.69, 9.17) is 27.9 Å². The van der Waals surface area contributed by atoms with E-state index in [9.17, 15) is 9.59 Å². The summed E-state index contributed by atoms with van der Waals surface area (Å²) < 4.78 is 5.41. The molecule has 176 valence electrons. The number of benzene rings is 3. The zero-order chi connectivity index (χ0) is 24.1. The molecule has 0 radical (unpaired) electrons. The van der Waals surface area contributed by atoms with E-state index in [2.05, 4.69) is 10.2 Å². The van der Waals surface area contributed by atoms with Gasteiger partial charge in [-0.25, -0.2) is 0 Å². The van der Waals surface area contributed by atoms with Gasteiger partial charge in [-0.2, -0.15) is 0 Å². The minimum atomic E-state index is -0.290. The van der Waals surface area contributed by atoms with E-state index >= 15 is 0 Å². The van der Waals surface area contributed by atoms with Crippen LogP contribution in [-0.2, 0) is 0 Å². The fraction of sp³-hybridized carbons (Fsp3) is 0.231. The van der Waals surface area contributed by atoms with Crippen molar-refractivity contribution in [1.82, 2.24) is 4.90 Å². The largest absolute Gasteiger partial charge is 0.492 e. The Hall–Kier alpha value is -3.22. The number of carbonyl (C=O) groups is 2. The first-order valence-electron chi connectivity index (χ1n) is 11.1. The maximum atomic E-state index is 12.7. The lowest BCUT2D eigenvalue weighted by Crippen LogP contribution is -2.48. The molecule has 1 N–H and O–H groups in total. The quantitative estimate of drug-likeness (QED) is 0.480. The first-order valence-corrected chi connectivity index (χ1v) is 11.8. The average molecular weight is 498 g/mol. The zero-order valence-corrected chi connectivity index (χ0v) is 20.3. The van der Waals surface area contributed by atoms with E-state index in [1.165, 1.54) is 0 Å². The molecule has 0 aromatic heterocycles. The van der Waals surface area contributed by atoms with Gasteiger partial charge in [-0.05, 0) is 55.5 Å². The second kappa shape index (κ2) is 10.8. The molecule has 0 unspecified atom stereocenters. The van der Waals surface area contributed by atoms with E-state index in [0.717, 1.165) is 5.69 Å². The summed E-state index contributed by atoms with van der Waals surface area (Å²) in [5.41, 5.74) is 2.58. The molecule has 1 heterocycles. The fourth-order valence-electron chi connectivity index (χ4n) is 3.87. The summed E-state index contributed by atoms with van der Waals surface area (Å²) >= 11 is 12.8. The van der Waals surface area contributed by atoms with Crippen molar-refractivity contribution < 1.29 is 14.3 Å². The normalized spacial score (nSPS) is 13.5. The van der Waals surface area contributed by atoms with Crippen molar-refractivity contribution in [3.63, 3.8) is 0 Å². The predicted molar refractivity (Wildman–Crippen MR) is 137 cm³/mol. The number of nitrogens with one attached hydrogen (secondary N) is 1. The van der Waals surface area contributed by atoms with E-state index in [-0.39, 0.29) is 11.8 Å². The average Bonchev–Trinajstić information content (AvgIpc) is 2.86. The summed E-state index contributed by atoms with van der Waals surface area (Å²) in [7, 11) is 0. The molecule has 2 amide bonds. The molecule has 1 aliphatic heterocycles. The summed E-state index contributed by atoms with van der Waals surface area (Å²) in [6.07, 6.45) is 0. The molecular weight excluding hydrogens is 473 g/mol. The lowest BCUT2D eigenvalue weighted by Gasteiger charge is -2.36. The Kier molecular flexibility index (Phi) is 7.60. The van der Waals surface area contributed by atoms with E-state index in [0.29, 0.717) is 65.4 Å². The molecule has 0 saturated carbocycles. The molecule has 3 aromatic rings. The van der Waals surface area contributed by atoms with Gasteiger partial charge in [0.15, 0.2) is 0 Å². The summed E-state index contributed by atoms with van der Waals surface area (Å²) in [5.74, 6) is 0.291. The molecule has 1 saturated heterocycles. The lowest BCUT2D eigenvalue weighted by atomic mass is 10.1. The van der Waals surface area contributed by atoms with Gasteiger partial charge >= 0.3 is 0 Å². The van der Waals surface area contributed by atoms with Crippen LogP contribution in [0.5, 0.6) is 5.75 Å². The van der Waals surface area contributed by atoms with Crippen LogP contribution in [0.1, 0.15) is 27.6 Å². The van der Waals surface area contributed by atoms with Crippen LogP contribution >= 0.6 is 23.2 Å². The molecule has 8 heteroatoms. The van der Waals surface area contributed by atoms with Crippen LogP contribution in [0.15, 0.2) is 66.7 Å². The molecule has 4 rings (SSSR count). The molecular formula is C26H25Cl2N3O3. The predicted octanol–water partition coefficient (Wildman–Crippen LogP) is 5.61. The summed E-state index contributed by atoms with van der Waals surface area (Å²) in [5, 5.41) is 3.77. The van der Waals surface area contributed by atoms with E-state index in [1.807, 2.05) is 54.3 Å². The van der Waals surface area contributed by atoms with Crippen molar-refractivity contribution in [3.05, 3.63) is 87.9 Å². The molecule has 1 aliphatic rings. The zero-order valence-electron chi connectivity index (χ0n) is 18.8. The molecule has 0 bridgehead atoms. The molecule has 3 aromatic carbocycles. The Labute approximate surface area is 209 Å². The number of rotatable bonds is 6. The fourth-order valence-corrected chi connectivity index (χ4v) is 4.41. The molecule has 1 fully saturated rings. The molecule has 6 nitrogen and oxygen atoms in total. The maximum absolute atomic E-state index is 12.7. The van der Waals surface area contributed by atoms with Crippen LogP contribution in [0.3, 0.4) is 0 Å². The number of hydrogen-bond acceptors (Lipinski definition) is 4. The molecule has 0 spiro atoms. The second-order valence-electron chi connectivity index (χ2n) is 7.84. The number of carbonyl (C=O) groups excluding carboxylic acids is 2. The third kappa shape index (κ3) is 5.46. The van der Waals surface area contributed by atoms with E-state index in [1.54, 1.807) is 24.3 Å². The van der Waals surface area contributed by atoms with Crippen LogP contribution in [0.4, 0.5) is 11.4 Å². The second-order valence-corrected chi connectivity index (χ2v) is 8.66. The van der Waals surface area contributed by atoms with Gasteiger partial charge in [-0.1, -0.05) is 41.4 Å². The van der Waals surface area contributed by atoms with Crippen molar-refractivity contribution in [2.45, 2.75) is 6.92 Å². The van der Waals surface area contributed by atoms with Gasteiger partial charge in [0, 0.05) is 43.0 Å². The van der Waals surface area contributed by atoms with Crippen molar-refractivity contribution in [3.8, 4) is 5.75 Å². The minimum Gasteiger partial charge on any atom is -0.492 e. The summed E-state index contributed by atoms with van der Waals surface area (Å²) in [6, 6.07) is 19.7. The Bertz CT molecular complexity index is 1180. The van der Waals surface area contributed by atoms with Crippen LogP contribution in [0.25, 0.3) is 0 Å². The number of hydrogen-bond donors (Lipinski definition) is 1. The topological polar surface area (TPSA) is 61.9 Å². The maximum Gasteiger partial charge on any atom is 0.255 e. The number of nitrogens with zero attached hydrogens (tertiary/aromatic N) is 2. The minimum absolute atomic E-state index is 0.0406. The number of piperazine rings is 1. The molecule has 0 atom stereocenters. The first-order chi connectivity index (χ1) is 16.5. The lowest BCUT2D eigenvalue weighted by molar-refractivity contribution is 0.0746. The monoisotopic (exact) mass is 497 g/mol. The van der Waals surface area contributed by atoms with Crippen LogP contribution in [0, 0.1) is 0 Å². The molecule has 0 aliphatic carbocycles. The van der Waals surface area contributed by atoms with Crippen LogP contribution in [0.2, 0.25) is 10.0 Å². The highest BCUT2D eigenvalue weighted by Crippen LogP contribution is 2.31. The van der Waals surface area contributed by atoms with Crippen LogP contribution < -0.4 is 15.0 Å². The van der Waals surface area contributed by atoms with Gasteiger partial charge in [0.1, 0.15) is 5.75 Å². The van der Waals surface area contributed by atoms with Crippen molar-refractivity contribution in [2.24, 2.45) is 0 Å². The highest BCUT2D eigenvalue weighted by Gasteiger charge is 2.23. The number of ether oxygens (including phenoxy) is 1. The van der Waals surface area contributed by atoms with Gasteiger partial charge in [0.25, 0.3) is 11.8 Å². The third-order valence-electron chi connectivity index (χ3n) is 5.63. The number of amides is 2. The van der Waals surface area contributed by atoms with Gasteiger partial charge in [0.05, 0.1) is 22.3 Å². The molecule has 34 heavy (non-hydrogen) atoms. The van der Waals surface area contributed by atoms with Crippen molar-refractivity contribution in [1.29, 1.82) is 0 Å². The summed E-state index contributed by atoms with van der Waals surface area (Å²) in [6.45, 7) is 4.94. The Morgan fingerprint density at radius 2 is 1.62 bits per heavy atom. The van der Waals surface area contributed by atoms with Crippen molar-refractivity contribution >= 4 is 46.4 Å². The Balaban J connectivity index is 1.37. The Morgan fingerprint density at radius 1 is 0.882 bits per heavy atom. The van der Waals surface area contributed by atoms with Gasteiger partial charge in [0.2, 0.25) is 0 Å². The van der Waals surface area contributed by atoms with Gasteiger partial charge < -0.3 is 19.9 Å². The SMILES string of the molecule is CCOc1ccc(C(=O)Nc2ccc(N3CCN(C(=O)c4ccccc4)CC3)c(Cl)c2)cc1Cl. The Morgan fingerprint density at radius 3 is 2.26 bits per heavy atom. The van der Waals surface area contributed by atoms with Crippen molar-refractivity contribution in [2.75, 3.05) is 43.0 Å². The third-order valence-corrected chi connectivity index (χ3v) is 6.23. The van der Waals surface area contributed by atoms with Gasteiger partial charge in [-0.3, -0.25) is 9.59 Å². The van der Waals surface area contributed by atoms with Gasteiger partial charge in [-0.15, -0.1) is 0 Å². The number of anilines is 2. The summed E-state index contributed by atoms with van der Waals surface area (Å²) in [4.78, 5) is 29.3. The smallest absolute Gasteiger partial charge is 0.255 e. The van der Waals surface area contributed by atoms with Crippen LogP contribution in [-0.4, -0.2) is 49.5 Å². The highest BCUT2D eigenvalue weighted by molar-refractivity contribution is 6.34. The van der Waals surface area contributed by atoms with E-state index < -0.39 is 0 Å².